The van der Waals surface area contributed by atoms with Crippen molar-refractivity contribution in [3.05, 3.63) is 29.3 Å². The zero-order valence-electron chi connectivity index (χ0n) is 9.73. The molecule has 0 radical (unpaired) electrons. The number of hydrogen-bond donors (Lipinski definition) is 3. The van der Waals surface area contributed by atoms with Crippen LogP contribution in [0.1, 0.15) is 11.1 Å². The van der Waals surface area contributed by atoms with Gasteiger partial charge < -0.3 is 15.7 Å². The molecular formula is C13H16N2O2. The lowest BCUT2D eigenvalue weighted by Crippen LogP contribution is -2.45. The summed E-state index contributed by atoms with van der Waals surface area (Å²) in [6, 6.07) is 5.80. The molecule has 0 amide bonds. The van der Waals surface area contributed by atoms with Crippen molar-refractivity contribution in [1.82, 2.24) is 5.32 Å². The average molecular weight is 232 g/mol. The fourth-order valence-corrected chi connectivity index (χ4v) is 3.00. The molecule has 0 saturated carbocycles. The summed E-state index contributed by atoms with van der Waals surface area (Å²) in [5.74, 6) is -0.382. The first-order valence-corrected chi connectivity index (χ1v) is 5.98. The molecule has 2 heterocycles. The van der Waals surface area contributed by atoms with Crippen molar-refractivity contribution in [2.24, 2.45) is 5.92 Å². The summed E-state index contributed by atoms with van der Waals surface area (Å²) in [6.07, 6.45) is 0.964. The average Bonchev–Trinajstić information content (AvgIpc) is 2.70. The molecule has 4 heteroatoms. The molecule has 1 saturated heterocycles. The van der Waals surface area contributed by atoms with Gasteiger partial charge in [-0.25, -0.2) is 0 Å². The smallest absolute Gasteiger partial charge is 0.322 e. The topological polar surface area (TPSA) is 61.4 Å². The Morgan fingerprint density at radius 2 is 2.29 bits per heavy atom. The number of aryl methyl sites for hydroxylation is 1. The third kappa shape index (κ3) is 1.60. The van der Waals surface area contributed by atoms with Crippen molar-refractivity contribution in [3.63, 3.8) is 0 Å². The van der Waals surface area contributed by atoms with Gasteiger partial charge in [-0.15, -0.1) is 0 Å². The van der Waals surface area contributed by atoms with Crippen LogP contribution in [-0.4, -0.2) is 29.7 Å². The van der Waals surface area contributed by atoms with Crippen LogP contribution < -0.4 is 10.6 Å². The lowest BCUT2D eigenvalue weighted by atomic mass is 9.86. The van der Waals surface area contributed by atoms with Crippen molar-refractivity contribution < 1.29 is 9.90 Å². The molecular weight excluding hydrogens is 216 g/mol. The highest BCUT2D eigenvalue weighted by molar-refractivity contribution is 5.77. The minimum absolute atomic E-state index is 0.0149. The number of carboxylic acid groups (broad SMARTS) is 1. The van der Waals surface area contributed by atoms with E-state index in [9.17, 15) is 4.79 Å². The summed E-state index contributed by atoms with van der Waals surface area (Å²) >= 11 is 0. The van der Waals surface area contributed by atoms with Gasteiger partial charge in [0.2, 0.25) is 0 Å². The van der Waals surface area contributed by atoms with E-state index >= 15 is 0 Å². The molecule has 0 aromatic heterocycles. The third-order valence-electron chi connectivity index (χ3n) is 3.89. The van der Waals surface area contributed by atoms with Gasteiger partial charge in [0, 0.05) is 12.2 Å². The van der Waals surface area contributed by atoms with Gasteiger partial charge in [0.05, 0.1) is 6.04 Å². The predicted molar refractivity (Wildman–Crippen MR) is 65.2 cm³/mol. The highest BCUT2D eigenvalue weighted by Crippen LogP contribution is 2.34. The van der Waals surface area contributed by atoms with E-state index in [1.54, 1.807) is 0 Å². The number of benzene rings is 1. The summed E-state index contributed by atoms with van der Waals surface area (Å²) in [4.78, 5) is 11.2. The Kier molecular flexibility index (Phi) is 2.33. The van der Waals surface area contributed by atoms with Gasteiger partial charge in [-0.3, -0.25) is 4.79 Å². The van der Waals surface area contributed by atoms with Gasteiger partial charge in [-0.2, -0.15) is 0 Å². The summed E-state index contributed by atoms with van der Waals surface area (Å²) in [6.45, 7) is 2.84. The zero-order valence-corrected chi connectivity index (χ0v) is 9.73. The molecule has 0 bridgehead atoms. The largest absolute Gasteiger partial charge is 0.480 e. The first kappa shape index (κ1) is 10.6. The number of carboxylic acids is 1. The maximum Gasteiger partial charge on any atom is 0.322 e. The van der Waals surface area contributed by atoms with Crippen LogP contribution in [0.25, 0.3) is 0 Å². The number of anilines is 1. The number of hydrogen-bond acceptors (Lipinski definition) is 3. The second-order valence-electron chi connectivity index (χ2n) is 4.97. The number of rotatable bonds is 1. The Morgan fingerprint density at radius 3 is 3.06 bits per heavy atom. The van der Waals surface area contributed by atoms with Crippen molar-refractivity contribution in [2.45, 2.75) is 25.4 Å². The number of para-hydroxylation sites is 1. The van der Waals surface area contributed by atoms with Crippen molar-refractivity contribution in [3.8, 4) is 0 Å². The molecule has 2 aliphatic rings. The van der Waals surface area contributed by atoms with Crippen molar-refractivity contribution in [2.75, 3.05) is 11.9 Å². The highest BCUT2D eigenvalue weighted by atomic mass is 16.4. The van der Waals surface area contributed by atoms with E-state index in [-0.39, 0.29) is 6.04 Å². The molecule has 90 valence electrons. The van der Waals surface area contributed by atoms with Crippen LogP contribution in [0.2, 0.25) is 0 Å². The lowest BCUT2D eigenvalue weighted by molar-refractivity contribution is -0.139. The zero-order chi connectivity index (χ0) is 12.0. The van der Waals surface area contributed by atoms with E-state index in [0.717, 1.165) is 18.7 Å². The van der Waals surface area contributed by atoms with E-state index in [1.165, 1.54) is 11.1 Å². The monoisotopic (exact) mass is 232 g/mol. The minimum atomic E-state index is -0.762. The third-order valence-corrected chi connectivity index (χ3v) is 3.89. The Bertz CT molecular complexity index is 472. The normalized spacial score (nSPS) is 30.3. The predicted octanol–water partition coefficient (Wildman–Crippen LogP) is 1.00. The number of fused-ring (bicyclic) bond motifs is 2. The van der Waals surface area contributed by atoms with E-state index in [4.69, 9.17) is 5.11 Å². The molecule has 3 rings (SSSR count). The van der Waals surface area contributed by atoms with Crippen molar-refractivity contribution >= 4 is 11.7 Å². The summed E-state index contributed by atoms with van der Waals surface area (Å²) in [5.41, 5.74) is 3.62. The van der Waals surface area contributed by atoms with E-state index < -0.39 is 12.0 Å². The SMILES string of the molecule is Cc1cccc2c1NC1C(CNC1C(=O)O)C2. The van der Waals surface area contributed by atoms with Crippen LogP contribution in [0, 0.1) is 12.8 Å². The second-order valence-corrected chi connectivity index (χ2v) is 4.97. The summed E-state index contributed by atoms with van der Waals surface area (Å²) in [5, 5.41) is 15.7. The van der Waals surface area contributed by atoms with Crippen LogP contribution in [0.4, 0.5) is 5.69 Å². The van der Waals surface area contributed by atoms with Crippen LogP contribution in [0.5, 0.6) is 0 Å². The fourth-order valence-electron chi connectivity index (χ4n) is 3.00. The Hall–Kier alpha value is -1.55. The maximum atomic E-state index is 11.2. The Balaban J connectivity index is 1.95. The molecule has 0 spiro atoms. The van der Waals surface area contributed by atoms with E-state index in [1.807, 2.05) is 0 Å². The Morgan fingerprint density at radius 1 is 1.47 bits per heavy atom. The van der Waals surface area contributed by atoms with Gasteiger partial charge in [-0.1, -0.05) is 18.2 Å². The first-order valence-electron chi connectivity index (χ1n) is 5.98. The Labute approximate surface area is 100 Å². The molecule has 1 aromatic rings. The van der Waals surface area contributed by atoms with E-state index in [0.29, 0.717) is 5.92 Å². The molecule has 0 aliphatic carbocycles. The van der Waals surface area contributed by atoms with Gasteiger partial charge in [-0.05, 0) is 30.4 Å². The molecule has 3 N–H and O–H groups in total. The summed E-state index contributed by atoms with van der Waals surface area (Å²) < 4.78 is 0. The summed E-state index contributed by atoms with van der Waals surface area (Å²) in [7, 11) is 0. The highest BCUT2D eigenvalue weighted by Gasteiger charge is 2.42. The van der Waals surface area contributed by atoms with Crippen LogP contribution in [-0.2, 0) is 11.2 Å². The number of aliphatic carboxylic acids is 1. The van der Waals surface area contributed by atoms with E-state index in [2.05, 4.69) is 35.8 Å². The van der Waals surface area contributed by atoms with Crippen LogP contribution >= 0.6 is 0 Å². The van der Waals surface area contributed by atoms with Crippen LogP contribution in [0.3, 0.4) is 0 Å². The van der Waals surface area contributed by atoms with Crippen LogP contribution in [0.15, 0.2) is 18.2 Å². The molecule has 2 aliphatic heterocycles. The molecule has 1 fully saturated rings. The quantitative estimate of drug-likeness (QED) is 0.676. The van der Waals surface area contributed by atoms with Gasteiger partial charge in [0.25, 0.3) is 0 Å². The second kappa shape index (κ2) is 3.74. The first-order chi connectivity index (χ1) is 8.16. The maximum absolute atomic E-state index is 11.2. The number of nitrogens with one attached hydrogen (secondary N) is 2. The van der Waals surface area contributed by atoms with Gasteiger partial charge in [0.1, 0.15) is 6.04 Å². The van der Waals surface area contributed by atoms with Crippen molar-refractivity contribution in [1.29, 1.82) is 0 Å². The van der Waals surface area contributed by atoms with Gasteiger partial charge in [0.15, 0.2) is 0 Å². The molecule has 4 nitrogen and oxygen atoms in total. The molecule has 1 aromatic carbocycles. The molecule has 3 atom stereocenters. The molecule has 17 heavy (non-hydrogen) atoms. The number of carbonyl (C=O) groups is 1. The fraction of sp³-hybridized carbons (Fsp3) is 0.462. The standard InChI is InChI=1S/C13H16N2O2/c1-7-3-2-4-8-5-9-6-14-12(13(16)17)11(9)15-10(7)8/h2-4,9,11-12,14-15H,5-6H2,1H3,(H,16,17). The van der Waals surface area contributed by atoms with Gasteiger partial charge >= 0.3 is 5.97 Å². The lowest BCUT2D eigenvalue weighted by Gasteiger charge is -2.32. The minimum Gasteiger partial charge on any atom is -0.480 e. The molecule has 3 unspecified atom stereocenters.